The predicted octanol–water partition coefficient (Wildman–Crippen LogP) is 3.05. The molecule has 1 aromatic heterocycles. The predicted molar refractivity (Wildman–Crippen MR) is 131 cm³/mol. The summed E-state index contributed by atoms with van der Waals surface area (Å²) >= 11 is 0. The molecule has 0 unspecified atom stereocenters. The number of carbonyl (C=O) groups is 1. The lowest BCUT2D eigenvalue weighted by molar-refractivity contribution is 0.0946. The van der Waals surface area contributed by atoms with E-state index in [2.05, 4.69) is 10.3 Å². The lowest BCUT2D eigenvalue weighted by atomic mass is 9.94. The molecule has 9 heteroatoms. The third kappa shape index (κ3) is 4.11. The lowest BCUT2D eigenvalue weighted by Crippen LogP contribution is -2.31. The van der Waals surface area contributed by atoms with Gasteiger partial charge in [-0.2, -0.15) is 4.39 Å². The van der Waals surface area contributed by atoms with Gasteiger partial charge < -0.3 is 16.0 Å². The molecule has 2 aliphatic rings. The molecule has 0 aliphatic carbocycles. The third-order valence-corrected chi connectivity index (χ3v) is 8.24. The van der Waals surface area contributed by atoms with Crippen LogP contribution in [0.4, 0.5) is 15.9 Å². The number of nitrogens with two attached hydrogens (primary N) is 1. The van der Waals surface area contributed by atoms with Crippen LogP contribution in [0.1, 0.15) is 22.3 Å². The number of halogens is 1. The zero-order valence-electron chi connectivity index (χ0n) is 18.7. The van der Waals surface area contributed by atoms with Crippen LogP contribution in [-0.2, 0) is 16.3 Å². The van der Waals surface area contributed by atoms with E-state index < -0.39 is 15.8 Å². The maximum atomic E-state index is 14.8. The highest BCUT2D eigenvalue weighted by Crippen LogP contribution is 2.34. The Morgan fingerprint density at radius 2 is 1.79 bits per heavy atom. The quantitative estimate of drug-likeness (QED) is 0.556. The Labute approximate surface area is 197 Å². The SMILES string of the molecule is CS(=O)(=O)[C@H]1CCN(c2ccc(-c3cc(-c4ccc5c(c4)CCNC5=O)c(N)nc3F)cc2)C1. The van der Waals surface area contributed by atoms with Crippen molar-refractivity contribution in [3.8, 4) is 22.3 Å². The molecule has 5 rings (SSSR count). The monoisotopic (exact) mass is 480 g/mol. The zero-order valence-corrected chi connectivity index (χ0v) is 19.5. The number of sulfone groups is 1. The molecule has 3 aromatic rings. The van der Waals surface area contributed by atoms with E-state index >= 15 is 0 Å². The fourth-order valence-corrected chi connectivity index (χ4v) is 5.68. The fourth-order valence-electron chi connectivity index (χ4n) is 4.70. The molecule has 0 bridgehead atoms. The zero-order chi connectivity index (χ0) is 24.0. The Bertz CT molecular complexity index is 1390. The Hall–Kier alpha value is -3.46. The summed E-state index contributed by atoms with van der Waals surface area (Å²) in [5, 5.41) is 2.46. The first kappa shape index (κ1) is 22.3. The van der Waals surface area contributed by atoms with Crippen molar-refractivity contribution in [2.45, 2.75) is 18.1 Å². The largest absolute Gasteiger partial charge is 0.383 e. The van der Waals surface area contributed by atoms with Gasteiger partial charge in [0.25, 0.3) is 5.91 Å². The van der Waals surface area contributed by atoms with Gasteiger partial charge in [-0.3, -0.25) is 4.79 Å². The van der Waals surface area contributed by atoms with Gasteiger partial charge in [0.15, 0.2) is 9.84 Å². The highest BCUT2D eigenvalue weighted by molar-refractivity contribution is 7.91. The van der Waals surface area contributed by atoms with Crippen molar-refractivity contribution in [2.75, 3.05) is 36.5 Å². The van der Waals surface area contributed by atoms with Gasteiger partial charge in [-0.1, -0.05) is 24.3 Å². The Kier molecular flexibility index (Phi) is 5.51. The second kappa shape index (κ2) is 8.39. The van der Waals surface area contributed by atoms with Gasteiger partial charge in [0.1, 0.15) is 5.82 Å². The first-order valence-electron chi connectivity index (χ1n) is 11.1. The van der Waals surface area contributed by atoms with Crippen molar-refractivity contribution in [3.05, 3.63) is 65.6 Å². The van der Waals surface area contributed by atoms with E-state index in [9.17, 15) is 17.6 Å². The van der Waals surface area contributed by atoms with Gasteiger partial charge >= 0.3 is 0 Å². The van der Waals surface area contributed by atoms with Crippen LogP contribution in [0.3, 0.4) is 0 Å². The van der Waals surface area contributed by atoms with Gasteiger partial charge in [-0.05, 0) is 53.8 Å². The van der Waals surface area contributed by atoms with E-state index in [-0.39, 0.29) is 17.0 Å². The molecule has 176 valence electrons. The molecule has 1 atom stereocenters. The van der Waals surface area contributed by atoms with Crippen LogP contribution >= 0.6 is 0 Å². The minimum absolute atomic E-state index is 0.0852. The summed E-state index contributed by atoms with van der Waals surface area (Å²) in [5.74, 6) is -0.675. The molecule has 1 saturated heterocycles. The first-order chi connectivity index (χ1) is 16.2. The summed E-state index contributed by atoms with van der Waals surface area (Å²) < 4.78 is 38.5. The smallest absolute Gasteiger partial charge is 0.251 e. The maximum absolute atomic E-state index is 14.8. The van der Waals surface area contributed by atoms with Crippen LogP contribution in [0.5, 0.6) is 0 Å². The second-order valence-electron chi connectivity index (χ2n) is 8.87. The number of nitrogens with one attached hydrogen (secondary N) is 1. The number of hydrogen-bond donors (Lipinski definition) is 2. The van der Waals surface area contributed by atoms with Crippen LogP contribution in [0.2, 0.25) is 0 Å². The number of hydrogen-bond acceptors (Lipinski definition) is 6. The highest BCUT2D eigenvalue weighted by Gasteiger charge is 2.30. The van der Waals surface area contributed by atoms with Crippen LogP contribution in [0.25, 0.3) is 22.3 Å². The van der Waals surface area contributed by atoms with Crippen LogP contribution < -0.4 is 16.0 Å². The molecule has 34 heavy (non-hydrogen) atoms. The molecule has 3 heterocycles. The topological polar surface area (TPSA) is 105 Å². The summed E-state index contributed by atoms with van der Waals surface area (Å²) in [6.45, 7) is 1.69. The summed E-state index contributed by atoms with van der Waals surface area (Å²) in [6, 6.07) is 14.5. The maximum Gasteiger partial charge on any atom is 0.251 e. The molecule has 1 fully saturated rings. The minimum atomic E-state index is -3.08. The third-order valence-electron chi connectivity index (χ3n) is 6.64. The number of benzene rings is 2. The number of fused-ring (bicyclic) bond motifs is 1. The molecule has 0 spiro atoms. The van der Waals surface area contributed by atoms with Gasteiger partial charge in [0.05, 0.1) is 5.25 Å². The van der Waals surface area contributed by atoms with E-state index in [0.717, 1.165) is 16.8 Å². The van der Waals surface area contributed by atoms with Gasteiger partial charge in [-0.15, -0.1) is 0 Å². The molecule has 0 radical (unpaired) electrons. The van der Waals surface area contributed by atoms with Crippen molar-refractivity contribution < 1.29 is 17.6 Å². The Morgan fingerprint density at radius 3 is 2.50 bits per heavy atom. The Balaban J connectivity index is 1.45. The van der Waals surface area contributed by atoms with Crippen molar-refractivity contribution in [1.29, 1.82) is 0 Å². The van der Waals surface area contributed by atoms with Crippen LogP contribution in [0.15, 0.2) is 48.5 Å². The number of aromatic nitrogens is 1. The number of nitrogens with zero attached hydrogens (tertiary/aromatic N) is 2. The molecule has 3 N–H and O–H groups in total. The molecule has 2 aromatic carbocycles. The van der Waals surface area contributed by atoms with E-state index in [1.807, 2.05) is 23.1 Å². The van der Waals surface area contributed by atoms with Gasteiger partial charge in [-0.25, -0.2) is 13.4 Å². The molecule has 7 nitrogen and oxygen atoms in total. The van der Waals surface area contributed by atoms with Crippen molar-refractivity contribution in [3.63, 3.8) is 0 Å². The summed E-state index contributed by atoms with van der Waals surface area (Å²) in [7, 11) is -3.08. The van der Waals surface area contributed by atoms with Gasteiger partial charge in [0.2, 0.25) is 5.95 Å². The number of rotatable bonds is 4. The summed E-state index contributed by atoms with van der Waals surface area (Å²) in [6.07, 6.45) is 2.59. The van der Waals surface area contributed by atoms with Crippen molar-refractivity contribution in [2.24, 2.45) is 0 Å². The highest BCUT2D eigenvalue weighted by atomic mass is 32.2. The summed E-state index contributed by atoms with van der Waals surface area (Å²) in [5.41, 5.74) is 10.9. The summed E-state index contributed by atoms with van der Waals surface area (Å²) in [4.78, 5) is 18.0. The molecule has 1 amide bonds. The second-order valence-corrected chi connectivity index (χ2v) is 11.2. The van der Waals surface area contributed by atoms with Crippen molar-refractivity contribution in [1.82, 2.24) is 10.3 Å². The lowest BCUT2D eigenvalue weighted by Gasteiger charge is -2.19. The Morgan fingerprint density at radius 1 is 1.06 bits per heavy atom. The number of amides is 1. The average molecular weight is 481 g/mol. The normalized spacial score (nSPS) is 18.0. The average Bonchev–Trinajstić information content (AvgIpc) is 3.30. The van der Waals surface area contributed by atoms with E-state index in [0.29, 0.717) is 54.7 Å². The van der Waals surface area contributed by atoms with E-state index in [1.54, 1.807) is 30.3 Å². The van der Waals surface area contributed by atoms with Crippen LogP contribution in [0, 0.1) is 5.95 Å². The van der Waals surface area contributed by atoms with E-state index in [1.165, 1.54) is 6.26 Å². The standard InChI is InChI=1S/C25H25FN4O3S/c1-34(32,33)19-9-11-30(14-19)18-5-2-15(3-6-18)21-13-22(24(27)29-23(21)26)16-4-7-20-17(12-16)8-10-28-25(20)31/h2-7,12-13,19H,8-11,14H2,1H3,(H2,27,29)(H,28,31)/t19-/m0/s1. The number of carbonyl (C=O) groups excluding carboxylic acids is 1. The van der Waals surface area contributed by atoms with E-state index in [4.69, 9.17) is 5.73 Å². The van der Waals surface area contributed by atoms with Gasteiger partial charge in [0, 0.05) is 48.3 Å². The van der Waals surface area contributed by atoms with Crippen LogP contribution in [-0.4, -0.2) is 50.4 Å². The number of nitrogen functional groups attached to an aromatic ring is 1. The molecular formula is C25H25FN4O3S. The minimum Gasteiger partial charge on any atom is -0.383 e. The molecule has 0 saturated carbocycles. The van der Waals surface area contributed by atoms with Crippen molar-refractivity contribution >= 4 is 27.2 Å². The number of pyridine rings is 1. The molecule has 2 aliphatic heterocycles. The fraction of sp³-hybridized carbons (Fsp3) is 0.280. The first-order valence-corrected chi connectivity index (χ1v) is 13.1. The molecular weight excluding hydrogens is 455 g/mol. The number of anilines is 2.